The molecule has 0 atom stereocenters. The minimum atomic E-state index is -2.90. The van der Waals surface area contributed by atoms with Gasteiger partial charge in [-0.25, -0.2) is 4.99 Å². The normalized spacial score (nSPS) is 11.3. The van der Waals surface area contributed by atoms with Crippen LogP contribution in [0.25, 0.3) is 0 Å². The molecule has 0 aliphatic rings. The number of halogens is 3. The minimum absolute atomic E-state index is 0. The predicted molar refractivity (Wildman–Crippen MR) is 124 cm³/mol. The number of nitrogens with zero attached hydrogens (tertiary/aromatic N) is 3. The van der Waals surface area contributed by atoms with Gasteiger partial charge in [0.25, 0.3) is 0 Å². The molecule has 2 N–H and O–H groups in total. The number of alkyl halides is 2. The molecule has 2 rings (SSSR count). The van der Waals surface area contributed by atoms with Crippen molar-refractivity contribution in [2.75, 3.05) is 20.2 Å². The molecule has 7 nitrogen and oxygen atoms in total. The van der Waals surface area contributed by atoms with E-state index in [2.05, 4.69) is 25.5 Å². The number of aryl methyl sites for hydroxylation is 2. The molecule has 0 saturated carbocycles. The highest BCUT2D eigenvalue weighted by molar-refractivity contribution is 14.0. The van der Waals surface area contributed by atoms with Crippen LogP contribution in [0, 0.1) is 13.8 Å². The molecule has 168 valence electrons. The summed E-state index contributed by atoms with van der Waals surface area (Å²) in [6, 6.07) is 5.02. The summed E-state index contributed by atoms with van der Waals surface area (Å²) in [5.41, 5.74) is 4.01. The van der Waals surface area contributed by atoms with Crippen LogP contribution in [0.4, 0.5) is 8.78 Å². The Balaban J connectivity index is 0.00000450. The second kappa shape index (κ2) is 12.6. The summed E-state index contributed by atoms with van der Waals surface area (Å²) in [7, 11) is 3.33. The smallest absolute Gasteiger partial charge is 0.387 e. The van der Waals surface area contributed by atoms with Crippen LogP contribution in [0.2, 0.25) is 0 Å². The highest BCUT2D eigenvalue weighted by Crippen LogP contribution is 2.29. The first-order valence-electron chi connectivity index (χ1n) is 9.48. The maximum absolute atomic E-state index is 12.6. The van der Waals surface area contributed by atoms with Crippen molar-refractivity contribution in [2.45, 2.75) is 40.3 Å². The van der Waals surface area contributed by atoms with Gasteiger partial charge in [-0.3, -0.25) is 4.68 Å². The van der Waals surface area contributed by atoms with Gasteiger partial charge in [0.2, 0.25) is 0 Å². The van der Waals surface area contributed by atoms with Crippen molar-refractivity contribution in [1.29, 1.82) is 0 Å². The second-order valence-corrected chi connectivity index (χ2v) is 6.51. The number of guanidine groups is 1. The quantitative estimate of drug-likeness (QED) is 0.291. The van der Waals surface area contributed by atoms with Gasteiger partial charge >= 0.3 is 6.61 Å². The molecule has 0 amide bonds. The van der Waals surface area contributed by atoms with Crippen LogP contribution >= 0.6 is 24.0 Å². The van der Waals surface area contributed by atoms with E-state index in [9.17, 15) is 8.78 Å². The van der Waals surface area contributed by atoms with Crippen molar-refractivity contribution in [3.8, 4) is 11.5 Å². The third-order valence-electron chi connectivity index (χ3n) is 4.55. The second-order valence-electron chi connectivity index (χ2n) is 6.51. The van der Waals surface area contributed by atoms with Crippen LogP contribution in [-0.4, -0.2) is 42.6 Å². The molecule has 0 spiro atoms. The number of nitrogens with one attached hydrogen (secondary N) is 2. The number of hydrogen-bond donors (Lipinski definition) is 2. The molecule has 0 fully saturated rings. The van der Waals surface area contributed by atoms with Crippen LogP contribution in [-0.2, 0) is 20.0 Å². The van der Waals surface area contributed by atoms with Gasteiger partial charge < -0.3 is 20.1 Å². The Bertz CT molecular complexity index is 843. The number of benzene rings is 1. The van der Waals surface area contributed by atoms with Gasteiger partial charge in [-0.15, -0.1) is 24.0 Å². The summed E-state index contributed by atoms with van der Waals surface area (Å²) >= 11 is 0. The van der Waals surface area contributed by atoms with E-state index in [1.54, 1.807) is 12.1 Å². The van der Waals surface area contributed by atoms with Gasteiger partial charge in [0.1, 0.15) is 0 Å². The Morgan fingerprint density at radius 3 is 2.53 bits per heavy atom. The van der Waals surface area contributed by atoms with Gasteiger partial charge in [0, 0.05) is 31.4 Å². The first-order chi connectivity index (χ1) is 13.8. The molecule has 0 bridgehead atoms. The fourth-order valence-corrected chi connectivity index (χ4v) is 2.94. The van der Waals surface area contributed by atoms with E-state index in [4.69, 9.17) is 4.74 Å². The monoisotopic (exact) mass is 537 g/mol. The Morgan fingerprint density at radius 1 is 1.23 bits per heavy atom. The zero-order valence-corrected chi connectivity index (χ0v) is 20.3. The molecule has 0 aliphatic carbocycles. The van der Waals surface area contributed by atoms with Crippen LogP contribution < -0.4 is 20.1 Å². The standard InChI is InChI=1S/C20H29F2N5O2.HI/c1-6-23-20(25-12-16-13(2)26-27(4)14(16)3)24-10-9-15-7-8-17(28-5)18(11-15)29-19(21)22;/h7-8,11,19H,6,9-10,12H2,1-5H3,(H2,23,24,25);1H. The number of ether oxygens (including phenoxy) is 2. The van der Waals surface area contributed by atoms with E-state index in [1.807, 2.05) is 38.6 Å². The lowest BCUT2D eigenvalue weighted by Crippen LogP contribution is -2.38. The van der Waals surface area contributed by atoms with Crippen LogP contribution in [0.1, 0.15) is 29.4 Å². The molecule has 0 unspecified atom stereocenters. The van der Waals surface area contributed by atoms with Crippen molar-refractivity contribution in [1.82, 2.24) is 20.4 Å². The fourth-order valence-electron chi connectivity index (χ4n) is 2.94. The number of rotatable bonds is 9. The van der Waals surface area contributed by atoms with E-state index >= 15 is 0 Å². The number of aliphatic imine (C=N–C) groups is 1. The van der Waals surface area contributed by atoms with Gasteiger partial charge in [-0.05, 0) is 44.9 Å². The van der Waals surface area contributed by atoms with E-state index in [-0.39, 0.29) is 35.5 Å². The molecule has 1 aromatic carbocycles. The van der Waals surface area contributed by atoms with Crippen molar-refractivity contribution in [3.05, 3.63) is 40.7 Å². The van der Waals surface area contributed by atoms with Gasteiger partial charge in [-0.1, -0.05) is 6.07 Å². The molecule has 1 aromatic heterocycles. The molecular weight excluding hydrogens is 507 g/mol. The minimum Gasteiger partial charge on any atom is -0.493 e. The molecular formula is C20H30F2IN5O2. The lowest BCUT2D eigenvalue weighted by molar-refractivity contribution is -0.0512. The summed E-state index contributed by atoms with van der Waals surface area (Å²) in [4.78, 5) is 4.63. The zero-order chi connectivity index (χ0) is 21.4. The summed E-state index contributed by atoms with van der Waals surface area (Å²) in [6.07, 6.45) is 0.610. The summed E-state index contributed by atoms with van der Waals surface area (Å²) < 4.78 is 36.6. The lowest BCUT2D eigenvalue weighted by atomic mass is 10.1. The fraction of sp³-hybridized carbons (Fsp3) is 0.500. The largest absolute Gasteiger partial charge is 0.493 e. The van der Waals surface area contributed by atoms with Crippen molar-refractivity contribution < 1.29 is 18.3 Å². The van der Waals surface area contributed by atoms with Gasteiger partial charge in [0.15, 0.2) is 17.5 Å². The molecule has 0 aliphatic heterocycles. The first-order valence-corrected chi connectivity index (χ1v) is 9.48. The van der Waals surface area contributed by atoms with Gasteiger partial charge in [0.05, 0.1) is 19.3 Å². The maximum Gasteiger partial charge on any atom is 0.387 e. The number of methoxy groups -OCH3 is 1. The van der Waals surface area contributed by atoms with Crippen LogP contribution in [0.3, 0.4) is 0 Å². The van der Waals surface area contributed by atoms with Crippen LogP contribution in [0.5, 0.6) is 11.5 Å². The van der Waals surface area contributed by atoms with E-state index in [0.29, 0.717) is 25.5 Å². The Labute approximate surface area is 193 Å². The van der Waals surface area contributed by atoms with Crippen LogP contribution in [0.15, 0.2) is 23.2 Å². The molecule has 30 heavy (non-hydrogen) atoms. The average molecular weight is 537 g/mol. The van der Waals surface area contributed by atoms with E-state index in [1.165, 1.54) is 7.11 Å². The van der Waals surface area contributed by atoms with Crippen molar-refractivity contribution in [2.24, 2.45) is 12.0 Å². The SMILES string of the molecule is CCNC(=NCc1c(C)nn(C)c1C)NCCc1ccc(OC)c(OC(F)F)c1.I. The highest BCUT2D eigenvalue weighted by Gasteiger charge is 2.12. The molecule has 0 radical (unpaired) electrons. The molecule has 2 aromatic rings. The van der Waals surface area contributed by atoms with Crippen molar-refractivity contribution in [3.63, 3.8) is 0 Å². The third-order valence-corrected chi connectivity index (χ3v) is 4.55. The Kier molecular flexibility index (Phi) is 10.8. The zero-order valence-electron chi connectivity index (χ0n) is 18.0. The lowest BCUT2D eigenvalue weighted by Gasteiger charge is -2.13. The molecule has 1 heterocycles. The highest BCUT2D eigenvalue weighted by atomic mass is 127. The Hall–Kier alpha value is -2.11. The van der Waals surface area contributed by atoms with E-state index < -0.39 is 6.61 Å². The molecule has 0 saturated heterocycles. The summed E-state index contributed by atoms with van der Waals surface area (Å²) in [6.45, 7) is 4.92. The van der Waals surface area contributed by atoms with Crippen molar-refractivity contribution >= 4 is 29.9 Å². The van der Waals surface area contributed by atoms with E-state index in [0.717, 1.165) is 29.1 Å². The summed E-state index contributed by atoms with van der Waals surface area (Å²) in [5, 5.41) is 10.9. The number of aromatic nitrogens is 2. The summed E-state index contributed by atoms with van der Waals surface area (Å²) in [5.74, 6) is 0.995. The average Bonchev–Trinajstić information content (AvgIpc) is 2.91. The predicted octanol–water partition coefficient (Wildman–Crippen LogP) is 3.56. The Morgan fingerprint density at radius 2 is 1.97 bits per heavy atom. The number of hydrogen-bond acceptors (Lipinski definition) is 4. The third kappa shape index (κ3) is 7.29. The van der Waals surface area contributed by atoms with Gasteiger partial charge in [-0.2, -0.15) is 13.9 Å². The molecule has 10 heteroatoms. The maximum atomic E-state index is 12.6. The topological polar surface area (TPSA) is 72.7 Å². The first kappa shape index (κ1) is 25.9.